The van der Waals surface area contributed by atoms with Crippen molar-refractivity contribution in [3.8, 4) is 0 Å². The number of rotatable bonds is 6. The van der Waals surface area contributed by atoms with Crippen LogP contribution in [0.3, 0.4) is 0 Å². The molecule has 2 aromatic rings. The molecule has 0 bridgehead atoms. The largest absolute Gasteiger partial charge is 0.320 e. The van der Waals surface area contributed by atoms with E-state index in [2.05, 4.69) is 17.9 Å². The third kappa shape index (κ3) is 5.14. The summed E-state index contributed by atoms with van der Waals surface area (Å²) in [5.41, 5.74) is 2.59. The fourth-order valence-electron chi connectivity index (χ4n) is 3.59. The summed E-state index contributed by atoms with van der Waals surface area (Å²) < 4.78 is 0. The van der Waals surface area contributed by atoms with Crippen LogP contribution in [-0.4, -0.2) is 21.6 Å². The molecule has 2 rings (SSSR count). The van der Waals surface area contributed by atoms with Crippen molar-refractivity contribution < 1.29 is 14.5 Å². The highest BCUT2D eigenvalue weighted by Gasteiger charge is 2.35. The first-order valence-electron chi connectivity index (χ1n) is 9.08. The number of amides is 2. The number of anilines is 2. The molecule has 0 atom stereocenters. The van der Waals surface area contributed by atoms with E-state index in [0.717, 1.165) is 16.7 Å². The van der Waals surface area contributed by atoms with Crippen molar-refractivity contribution in [2.45, 2.75) is 46.6 Å². The average Bonchev–Trinajstić information content (AvgIpc) is 2.56. The molecule has 0 saturated heterocycles. The van der Waals surface area contributed by atoms with E-state index in [1.54, 1.807) is 19.9 Å². The molecule has 1 N–H and O–H groups in total. The Kier molecular flexibility index (Phi) is 6.69. The van der Waals surface area contributed by atoms with Gasteiger partial charge in [-0.05, 0) is 51.8 Å². The van der Waals surface area contributed by atoms with Crippen LogP contribution in [-0.2, 0) is 4.79 Å². The standard InChI is InChI=1S/C21H25N3O4S/c1-13-10-14(2)19(15(3)11-13)23(20(26)29)21(4,5)12-18(25)22-16-8-6-7-9-17(16)24(27)28/h6-11H,12H2,1-5H3,(H,22,25)(H,26,29). The van der Waals surface area contributed by atoms with Crippen molar-refractivity contribution in [2.75, 3.05) is 10.2 Å². The Bertz CT molecular complexity index is 949. The predicted molar refractivity (Wildman–Crippen MR) is 118 cm³/mol. The topological polar surface area (TPSA) is 92.6 Å². The van der Waals surface area contributed by atoms with Gasteiger partial charge >= 0.3 is 0 Å². The number of hydrogen-bond donors (Lipinski definition) is 2. The quantitative estimate of drug-likeness (QED) is 0.386. The summed E-state index contributed by atoms with van der Waals surface area (Å²) in [6.07, 6.45) is -0.0713. The highest BCUT2D eigenvalue weighted by Crippen LogP contribution is 2.35. The molecule has 8 heteroatoms. The monoisotopic (exact) mass is 415 g/mol. The zero-order chi connectivity index (χ0) is 21.9. The minimum atomic E-state index is -0.919. The number of nitro groups is 1. The number of carbonyl (C=O) groups is 2. The van der Waals surface area contributed by atoms with Crippen molar-refractivity contribution in [1.29, 1.82) is 0 Å². The van der Waals surface area contributed by atoms with E-state index < -0.39 is 21.6 Å². The summed E-state index contributed by atoms with van der Waals surface area (Å²) in [5.74, 6) is -0.439. The van der Waals surface area contributed by atoms with Crippen LogP contribution in [0.1, 0.15) is 37.0 Å². The summed E-state index contributed by atoms with van der Waals surface area (Å²) in [5, 5.41) is 13.3. The van der Waals surface area contributed by atoms with Gasteiger partial charge in [-0.1, -0.05) is 42.5 Å². The predicted octanol–water partition coefficient (Wildman–Crippen LogP) is 5.18. The number of nitrogens with zero attached hydrogens (tertiary/aromatic N) is 2. The summed E-state index contributed by atoms with van der Waals surface area (Å²) in [6.45, 7) is 9.31. The Labute approximate surface area is 175 Å². The van der Waals surface area contributed by atoms with Gasteiger partial charge < -0.3 is 5.32 Å². The van der Waals surface area contributed by atoms with Gasteiger partial charge in [0.15, 0.2) is 0 Å². The van der Waals surface area contributed by atoms with Crippen LogP contribution >= 0.6 is 12.6 Å². The zero-order valence-corrected chi connectivity index (χ0v) is 18.0. The molecule has 0 spiro atoms. The minimum Gasteiger partial charge on any atom is -0.320 e. The maximum absolute atomic E-state index is 12.7. The fourth-order valence-corrected chi connectivity index (χ4v) is 3.96. The van der Waals surface area contributed by atoms with E-state index in [1.807, 2.05) is 32.9 Å². The Morgan fingerprint density at radius 2 is 1.69 bits per heavy atom. The zero-order valence-electron chi connectivity index (χ0n) is 17.1. The van der Waals surface area contributed by atoms with Crippen LogP contribution in [0.5, 0.6) is 0 Å². The summed E-state index contributed by atoms with van der Waals surface area (Å²) in [4.78, 5) is 37.2. The molecule has 0 heterocycles. The van der Waals surface area contributed by atoms with Crippen molar-refractivity contribution >= 4 is 40.8 Å². The molecular formula is C21H25N3O4S. The molecule has 0 unspecified atom stereocenters. The van der Waals surface area contributed by atoms with Crippen LogP contribution < -0.4 is 10.2 Å². The Hall–Kier alpha value is -2.87. The molecule has 0 aromatic heterocycles. The van der Waals surface area contributed by atoms with Gasteiger partial charge in [0, 0.05) is 6.07 Å². The third-order valence-corrected chi connectivity index (χ3v) is 4.82. The lowest BCUT2D eigenvalue weighted by atomic mass is 9.94. The number of thiol groups is 1. The van der Waals surface area contributed by atoms with E-state index in [1.165, 1.54) is 23.1 Å². The molecule has 0 fully saturated rings. The van der Waals surface area contributed by atoms with E-state index >= 15 is 0 Å². The van der Waals surface area contributed by atoms with Gasteiger partial charge in [-0.3, -0.25) is 24.6 Å². The number of benzene rings is 2. The van der Waals surface area contributed by atoms with Crippen molar-refractivity contribution in [3.05, 3.63) is 63.2 Å². The summed E-state index contributed by atoms with van der Waals surface area (Å²) in [7, 11) is 0. The lowest BCUT2D eigenvalue weighted by molar-refractivity contribution is -0.383. The number of hydrogen-bond acceptors (Lipinski definition) is 4. The third-order valence-electron chi connectivity index (χ3n) is 4.62. The number of aryl methyl sites for hydroxylation is 3. The number of carbonyl (C=O) groups excluding carboxylic acids is 2. The van der Waals surface area contributed by atoms with Crippen LogP contribution in [0, 0.1) is 30.9 Å². The number of nitro benzene ring substituents is 1. The maximum Gasteiger partial charge on any atom is 0.292 e. The van der Waals surface area contributed by atoms with Gasteiger partial charge in [0.2, 0.25) is 5.91 Å². The van der Waals surface area contributed by atoms with Crippen molar-refractivity contribution in [3.63, 3.8) is 0 Å². The van der Waals surface area contributed by atoms with Gasteiger partial charge in [-0.25, -0.2) is 0 Å². The van der Waals surface area contributed by atoms with E-state index in [9.17, 15) is 19.7 Å². The van der Waals surface area contributed by atoms with Crippen molar-refractivity contribution in [1.82, 2.24) is 0 Å². The molecular weight excluding hydrogens is 390 g/mol. The Morgan fingerprint density at radius 1 is 1.14 bits per heavy atom. The first kappa shape index (κ1) is 22.4. The molecule has 2 aromatic carbocycles. The highest BCUT2D eigenvalue weighted by molar-refractivity contribution is 7.96. The molecule has 0 aliphatic rings. The molecule has 0 aliphatic heterocycles. The summed E-state index contributed by atoms with van der Waals surface area (Å²) >= 11 is 4.05. The van der Waals surface area contributed by atoms with E-state index in [4.69, 9.17) is 0 Å². The lowest BCUT2D eigenvalue weighted by Gasteiger charge is -2.39. The summed E-state index contributed by atoms with van der Waals surface area (Å²) in [6, 6.07) is 9.87. The van der Waals surface area contributed by atoms with Crippen LogP contribution in [0.15, 0.2) is 36.4 Å². The SMILES string of the molecule is Cc1cc(C)c(N(C(=O)S)C(C)(C)CC(=O)Nc2ccccc2[N+](=O)[O-])c(C)c1. The second-order valence-corrected chi connectivity index (χ2v) is 8.06. The molecule has 7 nitrogen and oxygen atoms in total. The molecule has 2 amide bonds. The van der Waals surface area contributed by atoms with E-state index in [0.29, 0.717) is 5.69 Å². The smallest absolute Gasteiger partial charge is 0.292 e. The highest BCUT2D eigenvalue weighted by atomic mass is 32.1. The van der Waals surface area contributed by atoms with Crippen molar-refractivity contribution in [2.24, 2.45) is 0 Å². The molecule has 0 saturated carbocycles. The van der Waals surface area contributed by atoms with Gasteiger partial charge in [0.1, 0.15) is 5.69 Å². The first-order valence-corrected chi connectivity index (χ1v) is 9.53. The Balaban J connectivity index is 2.34. The van der Waals surface area contributed by atoms with E-state index in [-0.39, 0.29) is 17.8 Å². The minimum absolute atomic E-state index is 0.0713. The van der Waals surface area contributed by atoms with Crippen LogP contribution in [0.2, 0.25) is 0 Å². The second kappa shape index (κ2) is 8.65. The van der Waals surface area contributed by atoms with Gasteiger partial charge in [0.05, 0.1) is 22.6 Å². The first-order chi connectivity index (χ1) is 13.4. The van der Waals surface area contributed by atoms with Gasteiger partial charge in [-0.2, -0.15) is 0 Å². The molecule has 29 heavy (non-hydrogen) atoms. The maximum atomic E-state index is 12.7. The molecule has 154 valence electrons. The average molecular weight is 416 g/mol. The van der Waals surface area contributed by atoms with Gasteiger partial charge in [0.25, 0.3) is 10.9 Å². The molecule has 0 radical (unpaired) electrons. The van der Waals surface area contributed by atoms with Crippen LogP contribution in [0.4, 0.5) is 21.9 Å². The second-order valence-electron chi connectivity index (χ2n) is 7.68. The fraction of sp³-hybridized carbons (Fsp3) is 0.333. The normalized spacial score (nSPS) is 11.1. The number of nitrogens with one attached hydrogen (secondary N) is 1. The lowest BCUT2D eigenvalue weighted by Crippen LogP contribution is -2.48. The van der Waals surface area contributed by atoms with Crippen LogP contribution in [0.25, 0.3) is 0 Å². The Morgan fingerprint density at radius 3 is 2.21 bits per heavy atom. The molecule has 0 aliphatic carbocycles. The van der Waals surface area contributed by atoms with Gasteiger partial charge in [-0.15, -0.1) is 0 Å². The number of para-hydroxylation sites is 2.